The number of piperazine rings is 1. The number of nitrogens with zero attached hydrogens (tertiary/aromatic N) is 3. The molecule has 2 aromatic heterocycles. The molecule has 3 heterocycles. The number of aryl methyl sites for hydroxylation is 3. The fraction of sp³-hybridized carbons (Fsp3) is 0.348. The molecule has 0 unspecified atom stereocenters. The number of amides is 2. The number of hydrogen-bond acceptors (Lipinski definition) is 6. The van der Waals surface area contributed by atoms with Crippen molar-refractivity contribution in [1.82, 2.24) is 15.0 Å². The van der Waals surface area contributed by atoms with Gasteiger partial charge in [-0.15, -0.1) is 11.3 Å². The van der Waals surface area contributed by atoms with Crippen LogP contribution in [0.3, 0.4) is 0 Å². The molecule has 2 amide bonds. The van der Waals surface area contributed by atoms with Crippen molar-refractivity contribution in [1.29, 1.82) is 0 Å². The second kappa shape index (κ2) is 9.62. The van der Waals surface area contributed by atoms with Gasteiger partial charge in [-0.1, -0.05) is 16.8 Å². The van der Waals surface area contributed by atoms with E-state index in [0.717, 1.165) is 48.3 Å². The number of aromatic nitrogens is 1. The summed E-state index contributed by atoms with van der Waals surface area (Å²) in [6, 6.07) is 5.37. The van der Waals surface area contributed by atoms with Crippen molar-refractivity contribution >= 4 is 39.8 Å². The molecule has 33 heavy (non-hydrogen) atoms. The molecular weight excluding hydrogens is 467 g/mol. The molecule has 1 N–H and O–H groups in total. The topological polar surface area (TPSA) is 78.7 Å². The van der Waals surface area contributed by atoms with E-state index < -0.39 is 11.7 Å². The number of halogens is 2. The lowest BCUT2D eigenvalue weighted by molar-refractivity contribution is 0.0631. The maximum atomic E-state index is 13.2. The van der Waals surface area contributed by atoms with Crippen LogP contribution in [0.1, 0.15) is 42.6 Å². The third-order valence-corrected chi connectivity index (χ3v) is 7.20. The van der Waals surface area contributed by atoms with Crippen LogP contribution >= 0.6 is 22.9 Å². The fourth-order valence-corrected chi connectivity index (χ4v) is 5.10. The van der Waals surface area contributed by atoms with Gasteiger partial charge in [0.15, 0.2) is 0 Å². The number of hydrogen-bond donors (Lipinski definition) is 1. The summed E-state index contributed by atoms with van der Waals surface area (Å²) in [5.74, 6) is -0.178. The zero-order valence-electron chi connectivity index (χ0n) is 18.6. The molecule has 1 fully saturated rings. The normalized spacial score (nSPS) is 14.5. The second-order valence-corrected chi connectivity index (χ2v) is 9.53. The van der Waals surface area contributed by atoms with E-state index in [2.05, 4.69) is 15.4 Å². The zero-order valence-corrected chi connectivity index (χ0v) is 20.1. The van der Waals surface area contributed by atoms with Gasteiger partial charge in [0.05, 0.1) is 26.2 Å². The van der Waals surface area contributed by atoms with Gasteiger partial charge in [0.25, 0.3) is 11.8 Å². The molecule has 1 aliphatic heterocycles. The lowest BCUT2D eigenvalue weighted by Gasteiger charge is -2.34. The van der Waals surface area contributed by atoms with Crippen molar-refractivity contribution in [3.63, 3.8) is 0 Å². The molecule has 0 radical (unpaired) electrons. The standard InChI is InChI=1S/C23H24ClFN4O3S/c1-13-10-20(26-22(30)17-5-4-16(25)11-19(17)24)33-21(13)23(31)29-8-6-28(7-9-29)12-18-14(2)27-32-15(18)3/h4-5,10-11H,6-9,12H2,1-3H3,(H,26,30). The lowest BCUT2D eigenvalue weighted by atomic mass is 10.1. The first-order chi connectivity index (χ1) is 15.7. The third-order valence-electron chi connectivity index (χ3n) is 5.75. The lowest BCUT2D eigenvalue weighted by Crippen LogP contribution is -2.48. The Morgan fingerprint density at radius 3 is 2.55 bits per heavy atom. The number of anilines is 1. The number of rotatable bonds is 5. The average Bonchev–Trinajstić information content (AvgIpc) is 3.29. The summed E-state index contributed by atoms with van der Waals surface area (Å²) in [6.07, 6.45) is 0. The van der Waals surface area contributed by atoms with E-state index in [9.17, 15) is 14.0 Å². The van der Waals surface area contributed by atoms with Crippen molar-refractivity contribution in [3.8, 4) is 0 Å². The van der Waals surface area contributed by atoms with E-state index in [1.54, 1.807) is 6.07 Å². The number of nitrogens with one attached hydrogen (secondary N) is 1. The molecule has 10 heteroatoms. The first kappa shape index (κ1) is 23.4. The molecule has 0 bridgehead atoms. The number of thiophene rings is 1. The molecule has 4 rings (SSSR count). The fourth-order valence-electron chi connectivity index (χ4n) is 3.81. The van der Waals surface area contributed by atoms with Crippen molar-refractivity contribution < 1.29 is 18.5 Å². The molecule has 0 aliphatic carbocycles. The van der Waals surface area contributed by atoms with Crippen molar-refractivity contribution in [2.45, 2.75) is 27.3 Å². The Morgan fingerprint density at radius 1 is 1.18 bits per heavy atom. The Hall–Kier alpha value is -2.75. The van der Waals surface area contributed by atoms with Gasteiger partial charge >= 0.3 is 0 Å². The molecule has 0 atom stereocenters. The van der Waals surface area contributed by atoms with Gasteiger partial charge < -0.3 is 14.7 Å². The van der Waals surface area contributed by atoms with Gasteiger partial charge in [-0.3, -0.25) is 14.5 Å². The highest BCUT2D eigenvalue weighted by atomic mass is 35.5. The monoisotopic (exact) mass is 490 g/mol. The van der Waals surface area contributed by atoms with Gasteiger partial charge in [-0.05, 0) is 50.6 Å². The van der Waals surface area contributed by atoms with Gasteiger partial charge in [-0.25, -0.2) is 4.39 Å². The summed E-state index contributed by atoms with van der Waals surface area (Å²) in [6.45, 7) is 9.20. The maximum absolute atomic E-state index is 13.2. The van der Waals surface area contributed by atoms with Crippen molar-refractivity contribution in [3.05, 3.63) is 68.1 Å². The Kier molecular flexibility index (Phi) is 6.83. The molecule has 1 saturated heterocycles. The number of carbonyl (C=O) groups is 2. The molecule has 0 saturated carbocycles. The molecule has 1 aliphatic rings. The van der Waals surface area contributed by atoms with Crippen LogP contribution in [0.2, 0.25) is 5.02 Å². The predicted octanol–water partition coefficient (Wildman–Crippen LogP) is 4.66. The van der Waals surface area contributed by atoms with Crippen LogP contribution in [0.25, 0.3) is 0 Å². The Morgan fingerprint density at radius 2 is 1.91 bits per heavy atom. The predicted molar refractivity (Wildman–Crippen MR) is 126 cm³/mol. The summed E-state index contributed by atoms with van der Waals surface area (Å²) < 4.78 is 18.5. The number of benzene rings is 1. The highest BCUT2D eigenvalue weighted by Gasteiger charge is 2.26. The molecule has 0 spiro atoms. The van der Waals surface area contributed by atoms with Crippen LogP contribution < -0.4 is 5.32 Å². The second-order valence-electron chi connectivity index (χ2n) is 8.07. The largest absolute Gasteiger partial charge is 0.361 e. The molecule has 1 aromatic carbocycles. The Labute approximate surface area is 200 Å². The van der Waals surface area contributed by atoms with E-state index in [4.69, 9.17) is 16.1 Å². The first-order valence-electron chi connectivity index (χ1n) is 10.5. The van der Waals surface area contributed by atoms with E-state index >= 15 is 0 Å². The van der Waals surface area contributed by atoms with E-state index in [1.165, 1.54) is 23.5 Å². The van der Waals surface area contributed by atoms with E-state index in [1.807, 2.05) is 25.7 Å². The molecule has 7 nitrogen and oxygen atoms in total. The van der Waals surface area contributed by atoms with E-state index in [-0.39, 0.29) is 16.5 Å². The van der Waals surface area contributed by atoms with Crippen LogP contribution in [0.5, 0.6) is 0 Å². The van der Waals surface area contributed by atoms with Crippen molar-refractivity contribution in [2.24, 2.45) is 0 Å². The van der Waals surface area contributed by atoms with Gasteiger partial charge in [0, 0.05) is 38.3 Å². The van der Waals surface area contributed by atoms with Crippen LogP contribution in [0.15, 0.2) is 28.8 Å². The summed E-state index contributed by atoms with van der Waals surface area (Å²) in [4.78, 5) is 30.4. The minimum absolute atomic E-state index is 0.0338. The summed E-state index contributed by atoms with van der Waals surface area (Å²) in [5.41, 5.74) is 2.97. The third kappa shape index (κ3) is 5.10. The van der Waals surface area contributed by atoms with Crippen LogP contribution in [0, 0.1) is 26.6 Å². The SMILES string of the molecule is Cc1cc(NC(=O)c2ccc(F)cc2Cl)sc1C(=O)N1CCN(Cc2c(C)noc2C)CC1. The minimum atomic E-state index is -0.511. The van der Waals surface area contributed by atoms with Gasteiger partial charge in [0.1, 0.15) is 11.6 Å². The van der Waals surface area contributed by atoms with Crippen LogP contribution in [-0.4, -0.2) is 52.9 Å². The summed E-state index contributed by atoms with van der Waals surface area (Å²) in [7, 11) is 0. The summed E-state index contributed by atoms with van der Waals surface area (Å²) in [5, 5.41) is 7.34. The highest BCUT2D eigenvalue weighted by molar-refractivity contribution is 7.18. The number of carbonyl (C=O) groups excluding carboxylic acids is 2. The first-order valence-corrected chi connectivity index (χ1v) is 11.7. The van der Waals surface area contributed by atoms with Crippen LogP contribution in [0.4, 0.5) is 9.39 Å². The molecule has 174 valence electrons. The molecule has 3 aromatic rings. The van der Waals surface area contributed by atoms with Crippen LogP contribution in [-0.2, 0) is 6.54 Å². The Bertz CT molecular complexity index is 1180. The molecular formula is C23H24ClFN4O3S. The zero-order chi connectivity index (χ0) is 23.7. The van der Waals surface area contributed by atoms with E-state index in [0.29, 0.717) is 23.0 Å². The van der Waals surface area contributed by atoms with Gasteiger partial charge in [-0.2, -0.15) is 0 Å². The smallest absolute Gasteiger partial charge is 0.264 e. The van der Waals surface area contributed by atoms with Crippen molar-refractivity contribution in [2.75, 3.05) is 31.5 Å². The van der Waals surface area contributed by atoms with Gasteiger partial charge in [0.2, 0.25) is 0 Å². The summed E-state index contributed by atoms with van der Waals surface area (Å²) >= 11 is 7.21. The average molecular weight is 491 g/mol. The highest BCUT2D eigenvalue weighted by Crippen LogP contribution is 2.29. The quantitative estimate of drug-likeness (QED) is 0.562. The minimum Gasteiger partial charge on any atom is -0.361 e. The maximum Gasteiger partial charge on any atom is 0.264 e. The Balaban J connectivity index is 1.38.